The summed E-state index contributed by atoms with van der Waals surface area (Å²) in [7, 11) is -4.11. The van der Waals surface area contributed by atoms with Crippen molar-refractivity contribution < 1.29 is 22.6 Å². The molecule has 0 aliphatic carbocycles. The molecule has 6 nitrogen and oxygen atoms in total. The van der Waals surface area contributed by atoms with E-state index in [0.29, 0.717) is 19.5 Å². The van der Waals surface area contributed by atoms with E-state index in [4.69, 9.17) is 5.11 Å². The summed E-state index contributed by atoms with van der Waals surface area (Å²) >= 11 is 0. The number of hydrogen-bond acceptors (Lipinski definition) is 4. The lowest BCUT2D eigenvalue weighted by Gasteiger charge is -2.04. The number of aliphatic hydroxyl groups excluding tert-OH is 1. The van der Waals surface area contributed by atoms with Gasteiger partial charge < -0.3 is 9.66 Å². The lowest BCUT2D eigenvalue weighted by atomic mass is 10.5. The van der Waals surface area contributed by atoms with Gasteiger partial charge in [-0.25, -0.2) is 17.6 Å². The van der Waals surface area contributed by atoms with E-state index >= 15 is 0 Å². The topological polar surface area (TPSA) is 86.2 Å². The van der Waals surface area contributed by atoms with Crippen molar-refractivity contribution in [3.8, 4) is 0 Å². The van der Waals surface area contributed by atoms with E-state index in [0.717, 1.165) is 0 Å². The fraction of sp³-hybridized carbons (Fsp3) is 0.625. The highest BCUT2D eigenvalue weighted by molar-refractivity contribution is 7.85. The maximum absolute atomic E-state index is 10.3. The van der Waals surface area contributed by atoms with E-state index < -0.39 is 10.1 Å². The molecule has 1 heterocycles. The summed E-state index contributed by atoms with van der Waals surface area (Å²) in [4.78, 5) is 0. The lowest BCUT2D eigenvalue weighted by molar-refractivity contribution is -0.696. The predicted molar refractivity (Wildman–Crippen MR) is 50.9 cm³/mol. The first-order valence-electron chi connectivity index (χ1n) is 4.60. The monoisotopic (exact) mass is 234 g/mol. The summed E-state index contributed by atoms with van der Waals surface area (Å²) in [6.07, 6.45) is 5.61. The van der Waals surface area contributed by atoms with E-state index in [1.54, 1.807) is 27.9 Å². The Morgan fingerprint density at radius 3 is 2.80 bits per heavy atom. The van der Waals surface area contributed by atoms with Crippen molar-refractivity contribution >= 4 is 10.1 Å². The van der Waals surface area contributed by atoms with Crippen LogP contribution in [-0.4, -0.2) is 35.0 Å². The van der Waals surface area contributed by atoms with Gasteiger partial charge in [-0.15, -0.1) is 0 Å². The third kappa shape index (κ3) is 4.91. The van der Waals surface area contributed by atoms with Gasteiger partial charge >= 0.3 is 0 Å². The molecule has 86 valence electrons. The lowest BCUT2D eigenvalue weighted by Crippen LogP contribution is -2.32. The van der Waals surface area contributed by atoms with Crippen LogP contribution in [0, 0.1) is 0 Å². The van der Waals surface area contributed by atoms with Gasteiger partial charge in [0.05, 0.1) is 23.3 Å². The predicted octanol–water partition coefficient (Wildman–Crippen LogP) is -1.30. The van der Waals surface area contributed by atoms with Gasteiger partial charge in [-0.3, -0.25) is 0 Å². The molecule has 0 bridgehead atoms. The van der Waals surface area contributed by atoms with Crippen LogP contribution in [0.15, 0.2) is 18.7 Å². The van der Waals surface area contributed by atoms with Gasteiger partial charge in [0.25, 0.3) is 0 Å². The second-order valence-electron chi connectivity index (χ2n) is 3.23. The highest BCUT2D eigenvalue weighted by Crippen LogP contribution is 1.89. The molecule has 1 aromatic heterocycles. The maximum atomic E-state index is 10.3. The third-order valence-corrected chi connectivity index (χ3v) is 2.70. The molecule has 0 spiro atoms. The minimum atomic E-state index is -4.11. The van der Waals surface area contributed by atoms with Crippen molar-refractivity contribution in [3.05, 3.63) is 18.7 Å². The molecular formula is C8H14N2O4S. The highest BCUT2D eigenvalue weighted by Gasteiger charge is 2.03. The van der Waals surface area contributed by atoms with Crippen molar-refractivity contribution in [2.24, 2.45) is 0 Å². The number of rotatable bonds is 6. The van der Waals surface area contributed by atoms with Crippen molar-refractivity contribution in [2.75, 3.05) is 12.4 Å². The average Bonchev–Trinajstić information content (AvgIpc) is 2.51. The number of aryl methyl sites for hydroxylation is 1. The summed E-state index contributed by atoms with van der Waals surface area (Å²) in [5, 5.41) is 8.66. The quantitative estimate of drug-likeness (QED) is 0.490. The number of hydrogen-bond donors (Lipinski definition) is 1. The maximum Gasteiger partial charge on any atom is 0.243 e. The second kappa shape index (κ2) is 5.24. The summed E-state index contributed by atoms with van der Waals surface area (Å²) in [5.74, 6) is -0.342. The zero-order valence-corrected chi connectivity index (χ0v) is 9.06. The zero-order valence-electron chi connectivity index (χ0n) is 8.24. The smallest absolute Gasteiger partial charge is 0.243 e. The van der Waals surface area contributed by atoms with Crippen LogP contribution in [0.1, 0.15) is 6.42 Å². The molecule has 0 aliphatic heterocycles. The first kappa shape index (κ1) is 12.2. The van der Waals surface area contributed by atoms with Crippen molar-refractivity contribution in [2.45, 2.75) is 19.5 Å². The van der Waals surface area contributed by atoms with Gasteiger partial charge in [-0.05, 0) is 6.42 Å². The van der Waals surface area contributed by atoms with E-state index in [-0.39, 0.29) is 12.4 Å². The van der Waals surface area contributed by atoms with E-state index in [9.17, 15) is 13.0 Å². The molecule has 0 fully saturated rings. The molecule has 0 aliphatic rings. The van der Waals surface area contributed by atoms with Crippen LogP contribution in [0.3, 0.4) is 0 Å². The Bertz CT molecular complexity index is 399. The Morgan fingerprint density at radius 2 is 2.20 bits per heavy atom. The second-order valence-corrected chi connectivity index (χ2v) is 4.75. The average molecular weight is 234 g/mol. The molecule has 0 amide bonds. The van der Waals surface area contributed by atoms with Crippen LogP contribution in [0.25, 0.3) is 0 Å². The molecular weight excluding hydrogens is 220 g/mol. The molecule has 7 heteroatoms. The largest absolute Gasteiger partial charge is 0.748 e. The molecule has 15 heavy (non-hydrogen) atoms. The molecule has 1 aromatic rings. The van der Waals surface area contributed by atoms with Gasteiger partial charge in [0, 0.05) is 5.75 Å². The van der Waals surface area contributed by atoms with Crippen LogP contribution in [0.2, 0.25) is 0 Å². The van der Waals surface area contributed by atoms with Crippen LogP contribution in [0.4, 0.5) is 0 Å². The summed E-state index contributed by atoms with van der Waals surface area (Å²) in [6, 6.07) is 0. The molecule has 1 rings (SSSR count). The molecule has 0 aromatic carbocycles. The van der Waals surface area contributed by atoms with Crippen LogP contribution >= 0.6 is 0 Å². The normalized spacial score (nSPS) is 11.9. The van der Waals surface area contributed by atoms with Gasteiger partial charge in [0.15, 0.2) is 0 Å². The number of aliphatic hydroxyl groups is 1. The van der Waals surface area contributed by atoms with Crippen LogP contribution in [0.5, 0.6) is 0 Å². The molecule has 0 saturated carbocycles. The number of aromatic nitrogens is 2. The Balaban J connectivity index is 2.38. The summed E-state index contributed by atoms with van der Waals surface area (Å²) in [6.45, 7) is 1.05. The van der Waals surface area contributed by atoms with Gasteiger partial charge in [-0.1, -0.05) is 0 Å². The van der Waals surface area contributed by atoms with Gasteiger partial charge in [0.1, 0.15) is 18.9 Å². The molecule has 0 saturated heterocycles. The first-order valence-corrected chi connectivity index (χ1v) is 6.18. The van der Waals surface area contributed by atoms with E-state index in [1.807, 2.05) is 0 Å². The summed E-state index contributed by atoms with van der Waals surface area (Å²) < 4.78 is 34.5. The van der Waals surface area contributed by atoms with E-state index in [2.05, 4.69) is 0 Å². The Morgan fingerprint density at radius 1 is 1.47 bits per heavy atom. The first-order chi connectivity index (χ1) is 7.01. The molecule has 0 atom stereocenters. The molecule has 0 radical (unpaired) electrons. The van der Waals surface area contributed by atoms with Crippen molar-refractivity contribution in [1.82, 2.24) is 4.57 Å². The zero-order chi connectivity index (χ0) is 11.3. The van der Waals surface area contributed by atoms with Gasteiger partial charge in [-0.2, -0.15) is 0 Å². The van der Waals surface area contributed by atoms with Crippen LogP contribution < -0.4 is 4.57 Å². The van der Waals surface area contributed by atoms with Gasteiger partial charge in [0.2, 0.25) is 6.33 Å². The van der Waals surface area contributed by atoms with Crippen molar-refractivity contribution in [1.29, 1.82) is 0 Å². The third-order valence-electron chi connectivity index (χ3n) is 1.92. The minimum Gasteiger partial charge on any atom is -0.748 e. The van der Waals surface area contributed by atoms with Crippen LogP contribution in [-0.2, 0) is 23.2 Å². The Hall–Kier alpha value is -0.920. The van der Waals surface area contributed by atoms with Crippen molar-refractivity contribution in [3.63, 3.8) is 0 Å². The fourth-order valence-electron chi connectivity index (χ4n) is 1.24. The number of imidazole rings is 1. The van der Waals surface area contributed by atoms with E-state index in [1.165, 1.54) is 0 Å². The highest BCUT2D eigenvalue weighted by atomic mass is 32.2. The molecule has 0 unspecified atom stereocenters. The number of nitrogens with zero attached hydrogens (tertiary/aromatic N) is 2. The Kier molecular flexibility index (Phi) is 4.25. The Labute approximate surface area is 88.5 Å². The minimum absolute atomic E-state index is 0.0591. The standard InChI is InChI=1S/C8H14N2O4S/c11-6-5-10-4-3-9(8-10)2-1-7-15(12,13)14/h3-4,8,11H,1-2,5-7H2. The SMILES string of the molecule is O=S(=O)([O-])CCC[n+]1ccn(CCO)c1. The fourth-order valence-corrected chi connectivity index (χ4v) is 1.73. The summed E-state index contributed by atoms with van der Waals surface area (Å²) in [5.41, 5.74) is 0. The molecule has 1 N–H and O–H groups in total.